The highest BCUT2D eigenvalue weighted by Gasteiger charge is 2.16. The highest BCUT2D eigenvalue weighted by Crippen LogP contribution is 2.14. The van der Waals surface area contributed by atoms with E-state index in [9.17, 15) is 0 Å². The zero-order chi connectivity index (χ0) is 8.72. The first-order valence-corrected chi connectivity index (χ1v) is 4.18. The van der Waals surface area contributed by atoms with Crippen molar-refractivity contribution in [2.75, 3.05) is 0 Å². The molecule has 0 bridgehead atoms. The fraction of sp³-hybridized carbons (Fsp3) is 0.222. The number of aromatic nitrogens is 2. The summed E-state index contributed by atoms with van der Waals surface area (Å²) >= 11 is 6.05. The Balaban J connectivity index is 2.99. The summed E-state index contributed by atoms with van der Waals surface area (Å²) in [7, 11) is 3.93. The van der Waals surface area contributed by atoms with Crippen LogP contribution in [0.25, 0.3) is 11.0 Å². The summed E-state index contributed by atoms with van der Waals surface area (Å²) < 4.78 is 3.94. The van der Waals surface area contributed by atoms with Crippen molar-refractivity contribution in [2.45, 2.75) is 0 Å². The van der Waals surface area contributed by atoms with Gasteiger partial charge in [0.15, 0.2) is 11.0 Å². The summed E-state index contributed by atoms with van der Waals surface area (Å²) in [5.41, 5.74) is 2.31. The molecule has 0 spiro atoms. The fourth-order valence-electron chi connectivity index (χ4n) is 1.46. The maximum Gasteiger partial charge on any atom is 0.355 e. The number of halogens is 1. The highest BCUT2D eigenvalue weighted by molar-refractivity contribution is 6.28. The Bertz CT molecular complexity index is 392. The summed E-state index contributed by atoms with van der Waals surface area (Å²) in [6.07, 6.45) is 0. The topological polar surface area (TPSA) is 8.81 Å². The predicted octanol–water partition coefficient (Wildman–Crippen LogP) is 1.66. The average Bonchev–Trinajstić information content (AvgIpc) is 2.33. The predicted molar refractivity (Wildman–Crippen MR) is 49.1 cm³/mol. The number of para-hydroxylation sites is 2. The molecule has 0 N–H and O–H groups in total. The third kappa shape index (κ3) is 0.847. The second-order valence-corrected chi connectivity index (χ2v) is 3.21. The maximum atomic E-state index is 6.05. The molecule has 0 saturated heterocycles. The van der Waals surface area contributed by atoms with Crippen LogP contribution in [0, 0.1) is 0 Å². The van der Waals surface area contributed by atoms with E-state index in [4.69, 9.17) is 11.6 Å². The van der Waals surface area contributed by atoms with Crippen molar-refractivity contribution in [1.29, 1.82) is 0 Å². The molecule has 2 rings (SSSR count). The first-order chi connectivity index (χ1) is 5.72. The Hall–Kier alpha value is -1.02. The monoisotopic (exact) mass is 181 g/mol. The van der Waals surface area contributed by atoms with Gasteiger partial charge in [-0.3, -0.25) is 0 Å². The molecule has 12 heavy (non-hydrogen) atoms. The molecule has 2 nitrogen and oxygen atoms in total. The second kappa shape index (κ2) is 2.49. The first-order valence-electron chi connectivity index (χ1n) is 3.81. The van der Waals surface area contributed by atoms with E-state index in [1.165, 1.54) is 0 Å². The van der Waals surface area contributed by atoms with Crippen LogP contribution in [0.15, 0.2) is 24.3 Å². The van der Waals surface area contributed by atoms with Crippen molar-refractivity contribution in [1.82, 2.24) is 4.57 Å². The molecular formula is C9H10ClN2+. The van der Waals surface area contributed by atoms with Crippen molar-refractivity contribution in [3.63, 3.8) is 0 Å². The van der Waals surface area contributed by atoms with E-state index in [-0.39, 0.29) is 0 Å². The van der Waals surface area contributed by atoms with Crippen molar-refractivity contribution >= 4 is 22.6 Å². The van der Waals surface area contributed by atoms with Gasteiger partial charge in [-0.15, -0.1) is 0 Å². The van der Waals surface area contributed by atoms with E-state index >= 15 is 0 Å². The average molecular weight is 182 g/mol. The van der Waals surface area contributed by atoms with Crippen LogP contribution in [-0.4, -0.2) is 4.57 Å². The van der Waals surface area contributed by atoms with Gasteiger partial charge in [-0.1, -0.05) is 12.1 Å². The van der Waals surface area contributed by atoms with Gasteiger partial charge in [0, 0.05) is 11.6 Å². The molecule has 0 aliphatic carbocycles. The highest BCUT2D eigenvalue weighted by atomic mass is 35.5. The molecule has 0 fully saturated rings. The Morgan fingerprint density at radius 2 is 2.00 bits per heavy atom. The summed E-state index contributed by atoms with van der Waals surface area (Å²) in [5, 5.41) is 0.746. The molecule has 2 aromatic rings. The van der Waals surface area contributed by atoms with Crippen molar-refractivity contribution in [3.05, 3.63) is 29.5 Å². The van der Waals surface area contributed by atoms with Gasteiger partial charge in [-0.2, -0.15) is 0 Å². The van der Waals surface area contributed by atoms with Crippen molar-refractivity contribution in [2.24, 2.45) is 14.1 Å². The Kier molecular flexibility index (Phi) is 1.58. The lowest BCUT2D eigenvalue weighted by atomic mass is 10.3. The van der Waals surface area contributed by atoms with Gasteiger partial charge >= 0.3 is 5.28 Å². The first kappa shape index (κ1) is 7.62. The quantitative estimate of drug-likeness (QED) is 0.547. The lowest BCUT2D eigenvalue weighted by Gasteiger charge is -1.84. The van der Waals surface area contributed by atoms with E-state index < -0.39 is 0 Å². The molecule has 0 atom stereocenters. The molecule has 0 saturated carbocycles. The van der Waals surface area contributed by atoms with Crippen LogP contribution in [0.3, 0.4) is 0 Å². The summed E-state index contributed by atoms with van der Waals surface area (Å²) in [6, 6.07) is 8.14. The molecule has 1 aromatic heterocycles. The molecule has 0 radical (unpaired) electrons. The van der Waals surface area contributed by atoms with Gasteiger partial charge in [-0.05, 0) is 12.1 Å². The number of fused-ring (bicyclic) bond motifs is 1. The smallest absolute Gasteiger partial charge is 0.215 e. The van der Waals surface area contributed by atoms with E-state index in [0.717, 1.165) is 16.3 Å². The minimum atomic E-state index is 0.746. The molecule has 0 aliphatic rings. The molecular weight excluding hydrogens is 172 g/mol. The van der Waals surface area contributed by atoms with Crippen LogP contribution < -0.4 is 4.57 Å². The number of rotatable bonds is 0. The summed E-state index contributed by atoms with van der Waals surface area (Å²) in [4.78, 5) is 0. The molecule has 0 amide bonds. The molecule has 0 unspecified atom stereocenters. The number of hydrogen-bond donors (Lipinski definition) is 0. The van der Waals surface area contributed by atoms with E-state index in [0.29, 0.717) is 0 Å². The molecule has 1 aromatic carbocycles. The van der Waals surface area contributed by atoms with Crippen LogP contribution >= 0.6 is 11.6 Å². The van der Waals surface area contributed by atoms with Crippen molar-refractivity contribution in [3.8, 4) is 0 Å². The Morgan fingerprint density at radius 3 is 2.67 bits per heavy atom. The SMILES string of the molecule is Cn1c(Cl)[n+](C)c2ccccc21. The van der Waals surface area contributed by atoms with Gasteiger partial charge in [0.05, 0.1) is 14.1 Å². The zero-order valence-electron chi connectivity index (χ0n) is 7.08. The molecule has 3 heteroatoms. The van der Waals surface area contributed by atoms with Gasteiger partial charge in [-0.25, -0.2) is 9.13 Å². The van der Waals surface area contributed by atoms with Gasteiger partial charge in [0.2, 0.25) is 0 Å². The molecule has 62 valence electrons. The molecule has 0 aliphatic heterocycles. The largest absolute Gasteiger partial charge is 0.355 e. The van der Waals surface area contributed by atoms with Crippen LogP contribution in [-0.2, 0) is 14.1 Å². The minimum absolute atomic E-state index is 0.746. The standard InChI is InChI=1S/C9H10ClN2/c1-11-7-5-3-4-6-8(7)12(2)9(11)10/h3-6H,1-2H3/q+1. The van der Waals surface area contributed by atoms with E-state index in [1.54, 1.807) is 0 Å². The van der Waals surface area contributed by atoms with Crippen LogP contribution in [0.4, 0.5) is 0 Å². The Labute approximate surface area is 76.0 Å². The lowest BCUT2D eigenvalue weighted by Crippen LogP contribution is -2.27. The van der Waals surface area contributed by atoms with Crippen LogP contribution in [0.5, 0.6) is 0 Å². The zero-order valence-corrected chi connectivity index (χ0v) is 7.84. The minimum Gasteiger partial charge on any atom is -0.215 e. The number of nitrogens with zero attached hydrogens (tertiary/aromatic N) is 2. The summed E-state index contributed by atoms with van der Waals surface area (Å²) in [5.74, 6) is 0. The fourth-order valence-corrected chi connectivity index (χ4v) is 1.64. The Morgan fingerprint density at radius 1 is 1.33 bits per heavy atom. The van der Waals surface area contributed by atoms with Gasteiger partial charge in [0.1, 0.15) is 0 Å². The normalized spacial score (nSPS) is 10.9. The maximum absolute atomic E-state index is 6.05. The van der Waals surface area contributed by atoms with E-state index in [1.807, 2.05) is 35.4 Å². The van der Waals surface area contributed by atoms with Gasteiger partial charge in [0.25, 0.3) is 0 Å². The van der Waals surface area contributed by atoms with Crippen LogP contribution in [0.2, 0.25) is 5.28 Å². The third-order valence-electron chi connectivity index (χ3n) is 2.16. The number of imidazole rings is 1. The number of benzene rings is 1. The lowest BCUT2D eigenvalue weighted by molar-refractivity contribution is -0.643. The van der Waals surface area contributed by atoms with E-state index in [2.05, 4.69) is 12.1 Å². The van der Waals surface area contributed by atoms with Gasteiger partial charge < -0.3 is 0 Å². The summed E-state index contributed by atoms with van der Waals surface area (Å²) in [6.45, 7) is 0. The number of aryl methyl sites for hydroxylation is 2. The molecule has 1 heterocycles. The van der Waals surface area contributed by atoms with Crippen LogP contribution in [0.1, 0.15) is 0 Å². The third-order valence-corrected chi connectivity index (χ3v) is 2.67. The van der Waals surface area contributed by atoms with Crippen molar-refractivity contribution < 1.29 is 4.57 Å². The number of hydrogen-bond acceptors (Lipinski definition) is 0. The second-order valence-electron chi connectivity index (χ2n) is 2.88.